The van der Waals surface area contributed by atoms with Gasteiger partial charge in [0.15, 0.2) is 20.5 Å². The molecule has 1 aromatic carbocycles. The summed E-state index contributed by atoms with van der Waals surface area (Å²) in [5.41, 5.74) is 1.56. The number of sulfone groups is 1. The number of aromatic carboxylic acids is 1. The second-order valence-corrected chi connectivity index (χ2v) is 7.75. The molecule has 0 spiro atoms. The summed E-state index contributed by atoms with van der Waals surface area (Å²) in [5, 5.41) is 10.8. The van der Waals surface area contributed by atoms with Crippen molar-refractivity contribution in [1.82, 2.24) is 9.38 Å². The molecule has 0 radical (unpaired) electrons. The summed E-state index contributed by atoms with van der Waals surface area (Å²) >= 11 is 1.33. The van der Waals surface area contributed by atoms with Crippen LogP contribution in [0.3, 0.4) is 0 Å². The molecule has 1 N–H and O–H groups in total. The molecule has 2 heterocycles. The van der Waals surface area contributed by atoms with Gasteiger partial charge in [0, 0.05) is 11.6 Å². The minimum atomic E-state index is -3.23. The van der Waals surface area contributed by atoms with Crippen LogP contribution >= 0.6 is 11.3 Å². The molecule has 0 saturated carbocycles. The maximum Gasteiger partial charge on any atom is 0.356 e. The lowest BCUT2D eigenvalue weighted by Crippen LogP contribution is -2.03. The first-order chi connectivity index (χ1) is 10.4. The molecule has 0 aliphatic carbocycles. The quantitative estimate of drug-likeness (QED) is 0.791. The number of benzene rings is 1. The van der Waals surface area contributed by atoms with Crippen molar-refractivity contribution in [2.45, 2.75) is 11.8 Å². The molecule has 0 atom stereocenters. The van der Waals surface area contributed by atoms with E-state index in [4.69, 9.17) is 5.11 Å². The lowest BCUT2D eigenvalue weighted by atomic mass is 10.2. The number of fused-ring (bicyclic) bond motifs is 1. The van der Waals surface area contributed by atoms with Gasteiger partial charge in [-0.1, -0.05) is 19.1 Å². The van der Waals surface area contributed by atoms with Gasteiger partial charge in [0.05, 0.1) is 16.3 Å². The molecular formula is C14H12N2O4S2. The highest BCUT2D eigenvalue weighted by molar-refractivity contribution is 7.91. The highest BCUT2D eigenvalue weighted by atomic mass is 32.2. The van der Waals surface area contributed by atoms with Crippen LogP contribution in [0.5, 0.6) is 0 Å². The second kappa shape index (κ2) is 5.22. The van der Waals surface area contributed by atoms with Gasteiger partial charge in [-0.15, -0.1) is 11.3 Å². The van der Waals surface area contributed by atoms with Gasteiger partial charge in [-0.2, -0.15) is 0 Å². The monoisotopic (exact) mass is 336 g/mol. The lowest BCUT2D eigenvalue weighted by Gasteiger charge is -2.03. The molecule has 114 valence electrons. The third kappa shape index (κ3) is 2.40. The summed E-state index contributed by atoms with van der Waals surface area (Å²) in [6.45, 7) is 1.60. The van der Waals surface area contributed by atoms with Gasteiger partial charge in [0.2, 0.25) is 0 Å². The number of aromatic nitrogens is 2. The molecule has 8 heteroatoms. The summed E-state index contributed by atoms with van der Waals surface area (Å²) in [6, 6.07) is 6.55. The fourth-order valence-corrected chi connectivity index (χ4v) is 3.86. The van der Waals surface area contributed by atoms with Crippen molar-refractivity contribution < 1.29 is 18.3 Å². The largest absolute Gasteiger partial charge is 0.476 e. The van der Waals surface area contributed by atoms with E-state index in [-0.39, 0.29) is 16.3 Å². The smallest absolute Gasteiger partial charge is 0.356 e. The van der Waals surface area contributed by atoms with Gasteiger partial charge in [-0.3, -0.25) is 4.40 Å². The second-order valence-electron chi connectivity index (χ2n) is 4.63. The van der Waals surface area contributed by atoms with E-state index in [0.29, 0.717) is 4.96 Å². The Morgan fingerprint density at radius 1 is 1.32 bits per heavy atom. The fourth-order valence-electron chi connectivity index (χ4n) is 2.09. The van der Waals surface area contributed by atoms with Gasteiger partial charge in [0.25, 0.3) is 0 Å². The molecule has 0 fully saturated rings. The number of nitrogens with zero attached hydrogens (tertiary/aromatic N) is 2. The molecule has 0 aliphatic heterocycles. The van der Waals surface area contributed by atoms with Crippen LogP contribution in [-0.2, 0) is 9.84 Å². The molecule has 2 aromatic heterocycles. The number of carboxylic acids is 1. The Kier molecular flexibility index (Phi) is 3.50. The molecule has 0 saturated heterocycles. The molecule has 22 heavy (non-hydrogen) atoms. The molecule has 0 unspecified atom stereocenters. The van der Waals surface area contributed by atoms with Crippen LogP contribution in [0, 0.1) is 0 Å². The third-order valence-corrected chi connectivity index (χ3v) is 5.91. The maximum absolute atomic E-state index is 11.8. The fraction of sp³-hybridized carbons (Fsp3) is 0.143. The van der Waals surface area contributed by atoms with Crippen molar-refractivity contribution >= 4 is 32.1 Å². The lowest BCUT2D eigenvalue weighted by molar-refractivity contribution is 0.0691. The van der Waals surface area contributed by atoms with Crippen molar-refractivity contribution in [3.8, 4) is 11.3 Å². The standard InChI is InChI=1S/C14H12N2O4S2/c1-2-22(19,20)10-5-3-9(4-6-10)12-8-21-14-15-11(13(17)18)7-16(12)14/h3-8H,2H2,1H3,(H,17,18). The summed E-state index contributed by atoms with van der Waals surface area (Å²) < 4.78 is 25.3. The van der Waals surface area contributed by atoms with Gasteiger partial charge in [0.1, 0.15) is 0 Å². The Morgan fingerprint density at radius 3 is 2.59 bits per heavy atom. The normalized spacial score (nSPS) is 11.9. The van der Waals surface area contributed by atoms with Crippen LogP contribution in [0.2, 0.25) is 0 Å². The van der Waals surface area contributed by atoms with E-state index < -0.39 is 15.8 Å². The molecule has 3 rings (SSSR count). The van der Waals surface area contributed by atoms with Gasteiger partial charge >= 0.3 is 5.97 Å². The number of imidazole rings is 1. The zero-order valence-electron chi connectivity index (χ0n) is 11.6. The van der Waals surface area contributed by atoms with E-state index in [1.54, 1.807) is 35.6 Å². The number of hydrogen-bond acceptors (Lipinski definition) is 5. The SMILES string of the molecule is CCS(=O)(=O)c1ccc(-c2csc3nc(C(=O)O)cn23)cc1. The molecular weight excluding hydrogens is 324 g/mol. The molecule has 0 bridgehead atoms. The van der Waals surface area contributed by atoms with Gasteiger partial charge < -0.3 is 5.11 Å². The Hall–Kier alpha value is -2.19. The van der Waals surface area contributed by atoms with Crippen molar-refractivity contribution in [1.29, 1.82) is 0 Å². The Labute approximate surface area is 130 Å². The minimum Gasteiger partial charge on any atom is -0.476 e. The van der Waals surface area contributed by atoms with Crippen LogP contribution < -0.4 is 0 Å². The number of thiazole rings is 1. The maximum atomic E-state index is 11.8. The van der Waals surface area contributed by atoms with E-state index in [1.807, 2.05) is 5.38 Å². The van der Waals surface area contributed by atoms with E-state index in [2.05, 4.69) is 4.98 Å². The average molecular weight is 336 g/mol. The topological polar surface area (TPSA) is 88.7 Å². The van der Waals surface area contributed by atoms with Crippen LogP contribution in [0.1, 0.15) is 17.4 Å². The Balaban J connectivity index is 2.06. The Bertz CT molecular complexity index is 953. The predicted octanol–water partition coefficient (Wildman–Crippen LogP) is 2.55. The minimum absolute atomic E-state index is 0.0155. The first kappa shape index (κ1) is 14.7. The zero-order chi connectivity index (χ0) is 15.9. The van der Waals surface area contributed by atoms with Crippen LogP contribution in [0.4, 0.5) is 0 Å². The summed E-state index contributed by atoms with van der Waals surface area (Å²) in [5.74, 6) is -1.02. The summed E-state index contributed by atoms with van der Waals surface area (Å²) in [4.78, 5) is 15.8. The zero-order valence-corrected chi connectivity index (χ0v) is 13.2. The summed E-state index contributed by atoms with van der Waals surface area (Å²) in [7, 11) is -3.23. The first-order valence-electron chi connectivity index (χ1n) is 6.45. The van der Waals surface area contributed by atoms with Crippen LogP contribution in [0.15, 0.2) is 40.7 Å². The van der Waals surface area contributed by atoms with E-state index in [1.165, 1.54) is 17.5 Å². The van der Waals surface area contributed by atoms with Crippen molar-refractivity contribution in [2.24, 2.45) is 0 Å². The van der Waals surface area contributed by atoms with E-state index >= 15 is 0 Å². The van der Waals surface area contributed by atoms with Crippen molar-refractivity contribution in [3.63, 3.8) is 0 Å². The molecule has 0 amide bonds. The average Bonchev–Trinajstić information content (AvgIpc) is 3.07. The summed E-state index contributed by atoms with van der Waals surface area (Å²) in [6.07, 6.45) is 1.46. The Morgan fingerprint density at radius 2 is 2.00 bits per heavy atom. The third-order valence-electron chi connectivity index (χ3n) is 3.32. The van der Waals surface area contributed by atoms with E-state index in [9.17, 15) is 13.2 Å². The van der Waals surface area contributed by atoms with E-state index in [0.717, 1.165) is 11.3 Å². The highest BCUT2D eigenvalue weighted by Gasteiger charge is 2.15. The molecule has 6 nitrogen and oxygen atoms in total. The number of carboxylic acid groups (broad SMARTS) is 1. The molecule has 3 aromatic rings. The highest BCUT2D eigenvalue weighted by Crippen LogP contribution is 2.27. The van der Waals surface area contributed by atoms with Crippen LogP contribution in [-0.4, -0.2) is 34.6 Å². The first-order valence-corrected chi connectivity index (χ1v) is 8.98. The number of carbonyl (C=O) groups is 1. The molecule has 0 aliphatic rings. The van der Waals surface area contributed by atoms with Crippen LogP contribution in [0.25, 0.3) is 16.2 Å². The van der Waals surface area contributed by atoms with Crippen molar-refractivity contribution in [3.05, 3.63) is 41.5 Å². The predicted molar refractivity (Wildman–Crippen MR) is 83.2 cm³/mol. The van der Waals surface area contributed by atoms with Crippen molar-refractivity contribution in [2.75, 3.05) is 5.75 Å². The number of hydrogen-bond donors (Lipinski definition) is 1. The van der Waals surface area contributed by atoms with Gasteiger partial charge in [-0.05, 0) is 17.7 Å². The van der Waals surface area contributed by atoms with Gasteiger partial charge in [-0.25, -0.2) is 18.2 Å². The number of rotatable bonds is 4.